The maximum absolute atomic E-state index is 13.8. The van der Waals surface area contributed by atoms with E-state index in [0.717, 1.165) is 0 Å². The molecule has 2 N–H and O–H groups in total. The minimum atomic E-state index is -4.93. The minimum Gasteiger partial charge on any atom is -0.351 e. The lowest BCUT2D eigenvalue weighted by Crippen LogP contribution is -2.35. The highest BCUT2D eigenvalue weighted by Crippen LogP contribution is 2.32. The van der Waals surface area contributed by atoms with E-state index in [-0.39, 0.29) is 12.1 Å². The molecule has 0 aliphatic rings. The van der Waals surface area contributed by atoms with Crippen molar-refractivity contribution >= 4 is 28.3 Å². The van der Waals surface area contributed by atoms with Crippen LogP contribution in [0.2, 0.25) is 0 Å². The third-order valence-electron chi connectivity index (χ3n) is 2.72. The summed E-state index contributed by atoms with van der Waals surface area (Å²) in [5.74, 6) is -8.80. The molecule has 0 saturated carbocycles. The van der Waals surface area contributed by atoms with Gasteiger partial charge >= 0.3 is 0 Å². The van der Waals surface area contributed by atoms with Crippen molar-refractivity contribution in [2.75, 3.05) is 13.1 Å². The smallest absolute Gasteiger partial charge is 0.246 e. The molecule has 0 radical (unpaired) electrons. The fourth-order valence-corrected chi connectivity index (χ4v) is 2.73. The van der Waals surface area contributed by atoms with Crippen LogP contribution in [-0.4, -0.2) is 34.1 Å². The molecule has 0 fully saturated rings. The van der Waals surface area contributed by atoms with Gasteiger partial charge in [-0.2, -0.15) is 0 Å². The summed E-state index contributed by atoms with van der Waals surface area (Å²) in [5, 5.41) is 2.25. The molecule has 0 saturated heterocycles. The SMILES string of the molecule is C=Nc1c(F)c(F)c(S(=O)(=O)NCCNC(=O)C(=C)C)c(F)c1F. The zero-order valence-electron chi connectivity index (χ0n) is 12.4. The van der Waals surface area contributed by atoms with Crippen molar-refractivity contribution < 1.29 is 30.8 Å². The number of amides is 1. The number of rotatable bonds is 7. The fourth-order valence-electron chi connectivity index (χ4n) is 1.56. The number of hydrogen-bond donors (Lipinski definition) is 2. The Bertz CT molecular complexity index is 780. The van der Waals surface area contributed by atoms with Crippen molar-refractivity contribution in [3.05, 3.63) is 35.4 Å². The average Bonchev–Trinajstić information content (AvgIpc) is 2.50. The maximum Gasteiger partial charge on any atom is 0.246 e. The summed E-state index contributed by atoms with van der Waals surface area (Å²) in [6.45, 7) is 6.77. The summed E-state index contributed by atoms with van der Waals surface area (Å²) in [6.07, 6.45) is 0. The van der Waals surface area contributed by atoms with E-state index >= 15 is 0 Å². The van der Waals surface area contributed by atoms with E-state index in [4.69, 9.17) is 0 Å². The standard InChI is InChI=1S/C13H13F4N3O3S/c1-6(2)13(21)19-4-5-20-24(22,23)12-9(16)7(14)11(18-3)8(15)10(12)17/h20H,1,3-5H2,2H3,(H,19,21). The van der Waals surface area contributed by atoms with Crippen molar-refractivity contribution in [2.24, 2.45) is 4.99 Å². The van der Waals surface area contributed by atoms with Crippen LogP contribution in [0.1, 0.15) is 6.92 Å². The quantitative estimate of drug-likeness (QED) is 0.252. The molecule has 0 aliphatic carbocycles. The lowest BCUT2D eigenvalue weighted by molar-refractivity contribution is -0.117. The number of hydrogen-bond acceptors (Lipinski definition) is 4. The summed E-state index contributed by atoms with van der Waals surface area (Å²) < 4.78 is 80.0. The second kappa shape index (κ2) is 7.53. The highest BCUT2D eigenvalue weighted by Gasteiger charge is 2.32. The number of carbonyl (C=O) groups excluding carboxylic acids is 1. The number of halogens is 4. The van der Waals surface area contributed by atoms with E-state index in [1.165, 1.54) is 6.92 Å². The van der Waals surface area contributed by atoms with Crippen LogP contribution in [-0.2, 0) is 14.8 Å². The molecule has 1 aromatic carbocycles. The van der Waals surface area contributed by atoms with Crippen LogP contribution in [0, 0.1) is 23.3 Å². The molecule has 0 bridgehead atoms. The van der Waals surface area contributed by atoms with Gasteiger partial charge in [0.05, 0.1) is 0 Å². The summed E-state index contributed by atoms with van der Waals surface area (Å²) in [6, 6.07) is 0. The Hall–Kier alpha value is -2.27. The molecular formula is C13H13F4N3O3S. The topological polar surface area (TPSA) is 87.6 Å². The number of nitrogens with zero attached hydrogens (tertiary/aromatic N) is 1. The van der Waals surface area contributed by atoms with Gasteiger partial charge < -0.3 is 5.32 Å². The molecule has 0 unspecified atom stereocenters. The molecule has 0 aliphatic heterocycles. The third kappa shape index (κ3) is 3.97. The van der Waals surface area contributed by atoms with Crippen molar-refractivity contribution in [3.8, 4) is 0 Å². The summed E-state index contributed by atoms with van der Waals surface area (Å²) in [7, 11) is -4.93. The first-order valence-corrected chi connectivity index (χ1v) is 7.79. The summed E-state index contributed by atoms with van der Waals surface area (Å²) >= 11 is 0. The van der Waals surface area contributed by atoms with Crippen LogP contribution in [0.3, 0.4) is 0 Å². The Morgan fingerprint density at radius 3 is 2.00 bits per heavy atom. The van der Waals surface area contributed by atoms with Gasteiger partial charge in [0.25, 0.3) is 0 Å². The van der Waals surface area contributed by atoms with Crippen molar-refractivity contribution in [1.82, 2.24) is 10.0 Å². The molecular weight excluding hydrogens is 354 g/mol. The first kappa shape index (κ1) is 19.8. The first-order chi connectivity index (χ1) is 11.0. The lowest BCUT2D eigenvalue weighted by Gasteiger charge is -2.11. The van der Waals surface area contributed by atoms with Crippen LogP contribution in [0.15, 0.2) is 22.0 Å². The number of benzene rings is 1. The molecule has 1 rings (SSSR count). The molecule has 11 heteroatoms. The minimum absolute atomic E-state index is 0.159. The van der Waals surface area contributed by atoms with E-state index in [9.17, 15) is 30.8 Å². The average molecular weight is 367 g/mol. The maximum atomic E-state index is 13.8. The molecule has 0 heterocycles. The van der Waals surface area contributed by atoms with Gasteiger partial charge in [0, 0.05) is 18.7 Å². The van der Waals surface area contributed by atoms with E-state index < -0.39 is 56.3 Å². The van der Waals surface area contributed by atoms with Gasteiger partial charge in [-0.3, -0.25) is 9.79 Å². The zero-order valence-corrected chi connectivity index (χ0v) is 13.2. The normalized spacial score (nSPS) is 11.2. The molecule has 132 valence electrons. The van der Waals surface area contributed by atoms with Gasteiger partial charge in [0.2, 0.25) is 15.9 Å². The van der Waals surface area contributed by atoms with E-state index in [1.807, 2.05) is 0 Å². The van der Waals surface area contributed by atoms with Crippen molar-refractivity contribution in [2.45, 2.75) is 11.8 Å². The van der Waals surface area contributed by atoms with E-state index in [2.05, 4.69) is 23.6 Å². The number of nitrogens with one attached hydrogen (secondary N) is 2. The van der Waals surface area contributed by atoms with Gasteiger partial charge in [0.1, 0.15) is 5.69 Å². The zero-order chi connectivity index (χ0) is 18.7. The summed E-state index contributed by atoms with van der Waals surface area (Å²) in [4.78, 5) is 12.1. The van der Waals surface area contributed by atoms with Crippen LogP contribution < -0.4 is 10.0 Å². The van der Waals surface area contributed by atoms with Gasteiger partial charge in [-0.05, 0) is 13.6 Å². The third-order valence-corrected chi connectivity index (χ3v) is 4.20. The molecule has 0 spiro atoms. The van der Waals surface area contributed by atoms with Crippen LogP contribution in [0.5, 0.6) is 0 Å². The van der Waals surface area contributed by atoms with Crippen LogP contribution in [0.4, 0.5) is 23.2 Å². The number of carbonyl (C=O) groups is 1. The highest BCUT2D eigenvalue weighted by atomic mass is 32.2. The van der Waals surface area contributed by atoms with Gasteiger partial charge in [-0.1, -0.05) is 6.58 Å². The molecule has 6 nitrogen and oxygen atoms in total. The number of sulfonamides is 1. The Morgan fingerprint density at radius 2 is 1.58 bits per heavy atom. The molecule has 0 atom stereocenters. The Morgan fingerprint density at radius 1 is 1.08 bits per heavy atom. The van der Waals surface area contributed by atoms with Crippen LogP contribution >= 0.6 is 0 Å². The molecule has 1 aromatic rings. The van der Waals surface area contributed by atoms with E-state index in [1.54, 1.807) is 4.72 Å². The Kier molecular flexibility index (Phi) is 6.21. The lowest BCUT2D eigenvalue weighted by atomic mass is 10.2. The predicted octanol–water partition coefficient (Wildman–Crippen LogP) is 1.55. The van der Waals surface area contributed by atoms with Crippen molar-refractivity contribution in [3.63, 3.8) is 0 Å². The molecule has 1 amide bonds. The van der Waals surface area contributed by atoms with Gasteiger partial charge in [0.15, 0.2) is 28.2 Å². The largest absolute Gasteiger partial charge is 0.351 e. The first-order valence-electron chi connectivity index (χ1n) is 6.30. The second-order valence-electron chi connectivity index (χ2n) is 4.53. The van der Waals surface area contributed by atoms with Gasteiger partial charge in [-0.25, -0.2) is 30.7 Å². The monoisotopic (exact) mass is 367 g/mol. The number of aliphatic imine (C=N–C) groups is 1. The molecule has 24 heavy (non-hydrogen) atoms. The fraction of sp³-hybridized carbons (Fsp3) is 0.231. The van der Waals surface area contributed by atoms with Crippen LogP contribution in [0.25, 0.3) is 0 Å². The van der Waals surface area contributed by atoms with Gasteiger partial charge in [-0.15, -0.1) is 0 Å². The highest BCUT2D eigenvalue weighted by molar-refractivity contribution is 7.89. The molecule has 0 aromatic heterocycles. The van der Waals surface area contributed by atoms with E-state index in [0.29, 0.717) is 0 Å². The Balaban J connectivity index is 3.06. The van der Waals surface area contributed by atoms with Crippen molar-refractivity contribution in [1.29, 1.82) is 0 Å². The predicted molar refractivity (Wildman–Crippen MR) is 78.5 cm³/mol. The second-order valence-corrected chi connectivity index (χ2v) is 6.23. The Labute approximate surface area is 135 Å². The summed E-state index contributed by atoms with van der Waals surface area (Å²) in [5.41, 5.74) is -1.20.